The molecule has 32 heavy (non-hydrogen) atoms. The van der Waals surface area contributed by atoms with Crippen LogP contribution in [0.4, 0.5) is 9.18 Å². The second-order valence-corrected chi connectivity index (χ2v) is 7.56. The lowest BCUT2D eigenvalue weighted by atomic mass is 9.88. The Hall–Kier alpha value is -3.98. The van der Waals surface area contributed by atoms with Gasteiger partial charge in [-0.15, -0.1) is 0 Å². The average molecular weight is 436 g/mol. The van der Waals surface area contributed by atoms with Gasteiger partial charge in [-0.3, -0.25) is 25.6 Å². The minimum Gasteiger partial charge on any atom is -0.331 e. The summed E-state index contributed by atoms with van der Waals surface area (Å²) >= 11 is 0. The molecule has 0 bridgehead atoms. The molecule has 0 unspecified atom stereocenters. The highest BCUT2D eigenvalue weighted by Crippen LogP contribution is 2.32. The molecule has 2 aliphatic rings. The number of nitrogens with one attached hydrogen (secondary N) is 3. The first kappa shape index (κ1) is 21.3. The van der Waals surface area contributed by atoms with Crippen molar-refractivity contribution in [2.45, 2.75) is 19.0 Å². The summed E-state index contributed by atoms with van der Waals surface area (Å²) in [6, 6.07) is 10.3. The molecule has 164 valence electrons. The van der Waals surface area contributed by atoms with Crippen LogP contribution in [0.3, 0.4) is 0 Å². The van der Waals surface area contributed by atoms with Gasteiger partial charge in [0.25, 0.3) is 11.8 Å². The summed E-state index contributed by atoms with van der Waals surface area (Å²) in [4.78, 5) is 39.2. The maximum absolute atomic E-state index is 13.6. The molecule has 0 spiro atoms. The minimum atomic E-state index is -1.48. The van der Waals surface area contributed by atoms with Crippen molar-refractivity contribution in [3.05, 3.63) is 88.9 Å². The van der Waals surface area contributed by atoms with Crippen LogP contribution in [-0.4, -0.2) is 34.5 Å². The van der Waals surface area contributed by atoms with Gasteiger partial charge in [-0.25, -0.2) is 9.18 Å². The van der Waals surface area contributed by atoms with Gasteiger partial charge in [0.1, 0.15) is 5.82 Å². The average Bonchev–Trinajstić information content (AvgIpc) is 3.24. The molecule has 2 heterocycles. The monoisotopic (exact) mass is 436 g/mol. The molecule has 9 heteroatoms. The SMILES string of the molecule is C/C=C(\C=C/NO)c1ccc([C@]2(CN3Cc4ccc(F)cc4C3=O)NC(=O)NC2=O)cc1. The largest absolute Gasteiger partial charge is 0.331 e. The Balaban J connectivity index is 1.67. The Morgan fingerprint density at radius 3 is 2.59 bits per heavy atom. The Morgan fingerprint density at radius 2 is 1.97 bits per heavy atom. The number of fused-ring (bicyclic) bond motifs is 1. The Labute approximate surface area is 183 Å². The second-order valence-electron chi connectivity index (χ2n) is 7.56. The van der Waals surface area contributed by atoms with Gasteiger partial charge in [0, 0.05) is 18.3 Å². The minimum absolute atomic E-state index is 0.107. The highest BCUT2D eigenvalue weighted by Gasteiger charge is 2.50. The Kier molecular flexibility index (Phi) is 5.50. The van der Waals surface area contributed by atoms with Gasteiger partial charge < -0.3 is 10.2 Å². The summed E-state index contributed by atoms with van der Waals surface area (Å²) in [5, 5.41) is 13.7. The molecule has 2 aliphatic heterocycles. The summed E-state index contributed by atoms with van der Waals surface area (Å²) in [7, 11) is 0. The predicted octanol–water partition coefficient (Wildman–Crippen LogP) is 2.41. The van der Waals surface area contributed by atoms with Gasteiger partial charge in [0.05, 0.1) is 6.54 Å². The molecular weight excluding hydrogens is 415 g/mol. The zero-order valence-corrected chi connectivity index (χ0v) is 17.2. The first-order valence-electron chi connectivity index (χ1n) is 9.92. The van der Waals surface area contributed by atoms with Crippen LogP contribution in [0.2, 0.25) is 0 Å². The van der Waals surface area contributed by atoms with Crippen LogP contribution < -0.4 is 16.1 Å². The molecule has 0 aromatic heterocycles. The molecular formula is C23H21FN4O4. The van der Waals surface area contributed by atoms with E-state index < -0.39 is 29.2 Å². The molecule has 2 aromatic carbocycles. The van der Waals surface area contributed by atoms with Crippen LogP contribution in [-0.2, 0) is 16.9 Å². The van der Waals surface area contributed by atoms with E-state index in [9.17, 15) is 18.8 Å². The topological polar surface area (TPSA) is 111 Å². The summed E-state index contributed by atoms with van der Waals surface area (Å²) in [5.41, 5.74) is 3.52. The molecule has 0 radical (unpaired) electrons. The van der Waals surface area contributed by atoms with E-state index in [0.717, 1.165) is 11.1 Å². The first-order chi connectivity index (χ1) is 15.4. The van der Waals surface area contributed by atoms with E-state index in [0.29, 0.717) is 11.1 Å². The number of benzene rings is 2. The lowest BCUT2D eigenvalue weighted by Crippen LogP contribution is -2.52. The van der Waals surface area contributed by atoms with Gasteiger partial charge in [0.15, 0.2) is 5.54 Å². The van der Waals surface area contributed by atoms with E-state index in [1.54, 1.807) is 36.4 Å². The van der Waals surface area contributed by atoms with Crippen LogP contribution in [0, 0.1) is 5.82 Å². The number of nitrogens with zero attached hydrogens (tertiary/aromatic N) is 1. The number of halogens is 1. The van der Waals surface area contributed by atoms with Gasteiger partial charge in [-0.05, 0) is 47.4 Å². The lowest BCUT2D eigenvalue weighted by Gasteiger charge is -2.31. The molecule has 2 aromatic rings. The molecule has 4 rings (SSSR count). The number of imide groups is 1. The smallest absolute Gasteiger partial charge is 0.322 e. The zero-order chi connectivity index (χ0) is 22.9. The molecule has 1 saturated heterocycles. The van der Waals surface area contributed by atoms with Crippen LogP contribution in [0.1, 0.15) is 34.0 Å². The summed E-state index contributed by atoms with van der Waals surface area (Å²) in [6.45, 7) is 1.94. The van der Waals surface area contributed by atoms with Crippen molar-refractivity contribution in [1.82, 2.24) is 21.0 Å². The molecule has 4 N–H and O–H groups in total. The second kappa shape index (κ2) is 8.27. The quantitative estimate of drug-likeness (QED) is 0.316. The maximum Gasteiger partial charge on any atom is 0.322 e. The third-order valence-electron chi connectivity index (χ3n) is 5.68. The number of amides is 4. The van der Waals surface area contributed by atoms with Crippen molar-refractivity contribution in [2.24, 2.45) is 0 Å². The predicted molar refractivity (Wildman–Crippen MR) is 114 cm³/mol. The molecule has 8 nitrogen and oxygen atoms in total. The number of hydroxylamine groups is 1. The Bertz CT molecular complexity index is 1160. The zero-order valence-electron chi connectivity index (χ0n) is 17.2. The van der Waals surface area contributed by atoms with Crippen molar-refractivity contribution in [3.8, 4) is 0 Å². The molecule has 0 aliphatic carbocycles. The highest BCUT2D eigenvalue weighted by molar-refractivity contribution is 6.08. The number of carbonyl (C=O) groups excluding carboxylic acids is 3. The summed E-state index contributed by atoms with van der Waals surface area (Å²) < 4.78 is 13.6. The van der Waals surface area contributed by atoms with Crippen molar-refractivity contribution in [2.75, 3.05) is 6.54 Å². The third-order valence-corrected chi connectivity index (χ3v) is 5.68. The summed E-state index contributed by atoms with van der Waals surface area (Å²) in [6.07, 6.45) is 4.89. The van der Waals surface area contributed by atoms with Crippen molar-refractivity contribution in [1.29, 1.82) is 0 Å². The lowest BCUT2D eigenvalue weighted by molar-refractivity contribution is -0.124. The summed E-state index contributed by atoms with van der Waals surface area (Å²) in [5.74, 6) is -1.48. The van der Waals surface area contributed by atoms with Crippen molar-refractivity contribution < 1.29 is 24.0 Å². The van der Waals surface area contributed by atoms with Gasteiger partial charge in [-0.1, -0.05) is 36.4 Å². The van der Waals surface area contributed by atoms with Crippen LogP contribution >= 0.6 is 0 Å². The fraction of sp³-hybridized carbons (Fsp3) is 0.174. The normalized spacial score (nSPS) is 20.5. The number of hydrogen-bond acceptors (Lipinski definition) is 5. The van der Waals surface area contributed by atoms with E-state index in [1.165, 1.54) is 23.2 Å². The fourth-order valence-corrected chi connectivity index (χ4v) is 4.08. The fourth-order valence-electron chi connectivity index (χ4n) is 4.08. The van der Waals surface area contributed by atoms with Crippen LogP contribution in [0.15, 0.2) is 60.8 Å². The maximum atomic E-state index is 13.6. The van der Waals surface area contributed by atoms with Gasteiger partial charge in [0.2, 0.25) is 0 Å². The number of allylic oxidation sites excluding steroid dienone is 3. The first-order valence-corrected chi connectivity index (χ1v) is 9.92. The molecule has 4 amide bonds. The molecule has 0 saturated carbocycles. The van der Waals surface area contributed by atoms with Crippen molar-refractivity contribution in [3.63, 3.8) is 0 Å². The van der Waals surface area contributed by atoms with Crippen LogP contribution in [0.25, 0.3) is 5.57 Å². The van der Waals surface area contributed by atoms with Gasteiger partial charge >= 0.3 is 6.03 Å². The van der Waals surface area contributed by atoms with Gasteiger partial charge in [-0.2, -0.15) is 0 Å². The van der Waals surface area contributed by atoms with Crippen molar-refractivity contribution >= 4 is 23.4 Å². The van der Waals surface area contributed by atoms with E-state index in [-0.39, 0.29) is 18.7 Å². The Morgan fingerprint density at radius 1 is 1.22 bits per heavy atom. The number of carbonyl (C=O) groups is 3. The van der Waals surface area contributed by atoms with E-state index in [4.69, 9.17) is 5.21 Å². The number of hydrogen-bond donors (Lipinski definition) is 4. The van der Waals surface area contributed by atoms with E-state index in [2.05, 4.69) is 10.6 Å². The number of urea groups is 1. The third kappa shape index (κ3) is 3.63. The highest BCUT2D eigenvalue weighted by atomic mass is 19.1. The van der Waals surface area contributed by atoms with Crippen LogP contribution in [0.5, 0.6) is 0 Å². The van der Waals surface area contributed by atoms with E-state index >= 15 is 0 Å². The molecule has 1 fully saturated rings. The standard InChI is InChI=1S/C23H21FN4O4/c1-2-14(9-10-25-32)15-3-6-17(7-4-15)23(21(30)26-22(31)27-23)13-28-12-16-5-8-18(24)11-19(16)20(28)29/h2-11,25,32H,12-13H2,1H3,(H2,26,27,30,31)/b10-9-,14-2+/t23-/m0/s1. The molecule has 1 atom stereocenters. The van der Waals surface area contributed by atoms with E-state index in [1.807, 2.05) is 18.5 Å². The number of rotatable bonds is 6.